The number of hydrogen-bond acceptors (Lipinski definition) is 3. The summed E-state index contributed by atoms with van der Waals surface area (Å²) in [5, 5.41) is 11.7. The molecular weight excluding hydrogens is 240 g/mol. The van der Waals surface area contributed by atoms with Crippen LogP contribution in [0, 0.1) is 18.3 Å². The van der Waals surface area contributed by atoms with Gasteiger partial charge in [0.25, 0.3) is 0 Å². The van der Waals surface area contributed by atoms with Gasteiger partial charge in [-0.05, 0) is 43.9 Å². The van der Waals surface area contributed by atoms with Gasteiger partial charge in [0.05, 0.1) is 17.7 Å². The van der Waals surface area contributed by atoms with Crippen molar-refractivity contribution in [1.29, 1.82) is 5.26 Å². The van der Waals surface area contributed by atoms with Crippen molar-refractivity contribution in [3.05, 3.63) is 29.3 Å². The van der Waals surface area contributed by atoms with Gasteiger partial charge in [-0.15, -0.1) is 0 Å². The second kappa shape index (κ2) is 6.35. The molecule has 1 amide bonds. The number of aryl methyl sites for hydroxylation is 1. The molecule has 1 N–H and O–H groups in total. The topological polar surface area (TPSA) is 62.1 Å². The van der Waals surface area contributed by atoms with Crippen molar-refractivity contribution in [2.45, 2.75) is 38.7 Å². The molecule has 1 aliphatic rings. The molecule has 0 spiro atoms. The molecule has 1 aliphatic heterocycles. The number of carbonyl (C=O) groups is 1. The molecule has 0 aromatic heterocycles. The highest BCUT2D eigenvalue weighted by Crippen LogP contribution is 2.19. The first kappa shape index (κ1) is 13.6. The third kappa shape index (κ3) is 3.80. The Morgan fingerprint density at radius 2 is 2.42 bits per heavy atom. The average Bonchev–Trinajstić information content (AvgIpc) is 2.92. The molecule has 1 aromatic carbocycles. The lowest BCUT2D eigenvalue weighted by Gasteiger charge is -2.11. The Bertz CT molecular complexity index is 499. The van der Waals surface area contributed by atoms with Crippen molar-refractivity contribution in [3.8, 4) is 6.07 Å². The Morgan fingerprint density at radius 3 is 3.11 bits per heavy atom. The number of anilines is 1. The molecule has 100 valence electrons. The van der Waals surface area contributed by atoms with E-state index in [-0.39, 0.29) is 12.0 Å². The lowest BCUT2D eigenvalue weighted by Crippen LogP contribution is -2.15. The first-order valence-corrected chi connectivity index (χ1v) is 6.61. The highest BCUT2D eigenvalue weighted by Gasteiger charge is 2.16. The highest BCUT2D eigenvalue weighted by molar-refractivity contribution is 5.91. The molecule has 4 heteroatoms. The van der Waals surface area contributed by atoms with Crippen molar-refractivity contribution in [1.82, 2.24) is 0 Å². The van der Waals surface area contributed by atoms with Gasteiger partial charge in [0.15, 0.2) is 0 Å². The highest BCUT2D eigenvalue weighted by atomic mass is 16.5. The zero-order chi connectivity index (χ0) is 13.7. The number of nitriles is 1. The number of nitrogens with zero attached hydrogens (tertiary/aromatic N) is 1. The number of hydrogen-bond donors (Lipinski definition) is 1. The third-order valence-corrected chi connectivity index (χ3v) is 3.36. The molecule has 1 atom stereocenters. The molecule has 4 nitrogen and oxygen atoms in total. The molecule has 0 saturated carbocycles. The van der Waals surface area contributed by atoms with Gasteiger partial charge in [-0.3, -0.25) is 4.79 Å². The zero-order valence-electron chi connectivity index (χ0n) is 11.1. The largest absolute Gasteiger partial charge is 0.378 e. The minimum Gasteiger partial charge on any atom is -0.378 e. The van der Waals surface area contributed by atoms with Crippen LogP contribution >= 0.6 is 0 Å². The van der Waals surface area contributed by atoms with Crippen molar-refractivity contribution >= 4 is 11.6 Å². The van der Waals surface area contributed by atoms with Gasteiger partial charge in [-0.25, -0.2) is 0 Å². The summed E-state index contributed by atoms with van der Waals surface area (Å²) in [4.78, 5) is 11.9. The monoisotopic (exact) mass is 258 g/mol. The molecule has 1 aromatic rings. The standard InChI is InChI=1S/C15H18N2O2/c1-11-4-5-12(10-16)9-14(11)17-15(18)7-6-13-3-2-8-19-13/h4-5,9,13H,2-3,6-8H2,1H3,(H,17,18). The van der Waals surface area contributed by atoms with E-state index < -0.39 is 0 Å². The van der Waals surface area contributed by atoms with Crippen molar-refractivity contribution in [2.24, 2.45) is 0 Å². The zero-order valence-corrected chi connectivity index (χ0v) is 11.1. The fourth-order valence-corrected chi connectivity index (χ4v) is 2.20. The Balaban J connectivity index is 1.89. The molecule has 1 unspecified atom stereocenters. The SMILES string of the molecule is Cc1ccc(C#N)cc1NC(=O)CCC1CCCO1. The van der Waals surface area contributed by atoms with Crippen LogP contribution in [0.25, 0.3) is 0 Å². The van der Waals surface area contributed by atoms with Crippen LogP contribution in [-0.2, 0) is 9.53 Å². The van der Waals surface area contributed by atoms with E-state index in [1.165, 1.54) is 0 Å². The van der Waals surface area contributed by atoms with E-state index in [2.05, 4.69) is 11.4 Å². The maximum absolute atomic E-state index is 11.9. The van der Waals surface area contributed by atoms with E-state index >= 15 is 0 Å². The van der Waals surface area contributed by atoms with E-state index in [0.29, 0.717) is 12.0 Å². The van der Waals surface area contributed by atoms with Gasteiger partial charge in [-0.1, -0.05) is 6.07 Å². The number of rotatable bonds is 4. The summed E-state index contributed by atoms with van der Waals surface area (Å²) in [7, 11) is 0. The van der Waals surface area contributed by atoms with Crippen LogP contribution in [0.5, 0.6) is 0 Å². The first-order valence-electron chi connectivity index (χ1n) is 6.61. The number of benzene rings is 1. The smallest absolute Gasteiger partial charge is 0.224 e. The summed E-state index contributed by atoms with van der Waals surface area (Å²) >= 11 is 0. The molecule has 1 heterocycles. The van der Waals surface area contributed by atoms with Crippen LogP contribution in [0.1, 0.15) is 36.8 Å². The summed E-state index contributed by atoms with van der Waals surface area (Å²) in [6.07, 6.45) is 3.60. The molecule has 1 saturated heterocycles. The predicted molar refractivity (Wildman–Crippen MR) is 72.7 cm³/mol. The Kier molecular flexibility index (Phi) is 4.53. The molecule has 1 fully saturated rings. The van der Waals surface area contributed by atoms with Crippen molar-refractivity contribution in [3.63, 3.8) is 0 Å². The molecule has 19 heavy (non-hydrogen) atoms. The second-order valence-corrected chi connectivity index (χ2v) is 4.86. The fraction of sp³-hybridized carbons (Fsp3) is 0.467. The summed E-state index contributed by atoms with van der Waals surface area (Å²) in [5.41, 5.74) is 2.24. The minimum absolute atomic E-state index is 0.0197. The Hall–Kier alpha value is -1.86. The quantitative estimate of drug-likeness (QED) is 0.903. The van der Waals surface area contributed by atoms with Gasteiger partial charge in [-0.2, -0.15) is 5.26 Å². The number of amides is 1. The van der Waals surface area contributed by atoms with E-state index in [0.717, 1.165) is 37.1 Å². The Morgan fingerprint density at radius 1 is 1.58 bits per heavy atom. The van der Waals surface area contributed by atoms with Gasteiger partial charge in [0.2, 0.25) is 5.91 Å². The lowest BCUT2D eigenvalue weighted by atomic mass is 10.1. The van der Waals surface area contributed by atoms with Gasteiger partial charge >= 0.3 is 0 Å². The van der Waals surface area contributed by atoms with Gasteiger partial charge < -0.3 is 10.1 Å². The number of ether oxygens (including phenoxy) is 1. The van der Waals surface area contributed by atoms with Crippen LogP contribution in [0.2, 0.25) is 0 Å². The van der Waals surface area contributed by atoms with E-state index in [9.17, 15) is 4.79 Å². The van der Waals surface area contributed by atoms with Crippen LogP contribution in [0.15, 0.2) is 18.2 Å². The third-order valence-electron chi connectivity index (χ3n) is 3.36. The lowest BCUT2D eigenvalue weighted by molar-refractivity contribution is -0.116. The minimum atomic E-state index is -0.0197. The van der Waals surface area contributed by atoms with Crippen LogP contribution in [-0.4, -0.2) is 18.6 Å². The molecular formula is C15H18N2O2. The Labute approximate surface area is 113 Å². The summed E-state index contributed by atoms with van der Waals surface area (Å²) in [5.74, 6) is -0.0197. The van der Waals surface area contributed by atoms with Crippen LogP contribution in [0.4, 0.5) is 5.69 Å². The van der Waals surface area contributed by atoms with Crippen molar-refractivity contribution in [2.75, 3.05) is 11.9 Å². The molecule has 2 rings (SSSR count). The van der Waals surface area contributed by atoms with E-state index in [1.54, 1.807) is 12.1 Å². The average molecular weight is 258 g/mol. The molecule has 0 aliphatic carbocycles. The van der Waals surface area contributed by atoms with Gasteiger partial charge in [0, 0.05) is 18.7 Å². The predicted octanol–water partition coefficient (Wildman–Crippen LogP) is 2.76. The van der Waals surface area contributed by atoms with Gasteiger partial charge in [0.1, 0.15) is 0 Å². The normalized spacial score (nSPS) is 18.0. The number of carbonyl (C=O) groups excluding carboxylic acids is 1. The summed E-state index contributed by atoms with van der Waals surface area (Å²) in [6, 6.07) is 7.37. The fourth-order valence-electron chi connectivity index (χ4n) is 2.20. The van der Waals surface area contributed by atoms with Crippen LogP contribution < -0.4 is 5.32 Å². The molecule has 0 bridgehead atoms. The second-order valence-electron chi connectivity index (χ2n) is 4.86. The summed E-state index contributed by atoms with van der Waals surface area (Å²) in [6.45, 7) is 2.73. The summed E-state index contributed by atoms with van der Waals surface area (Å²) < 4.78 is 5.49. The first-order chi connectivity index (χ1) is 9.19. The van der Waals surface area contributed by atoms with E-state index in [1.807, 2.05) is 13.0 Å². The maximum Gasteiger partial charge on any atom is 0.224 e. The van der Waals surface area contributed by atoms with Crippen molar-refractivity contribution < 1.29 is 9.53 Å². The molecule has 0 radical (unpaired) electrons. The number of nitrogens with one attached hydrogen (secondary N) is 1. The maximum atomic E-state index is 11.9. The van der Waals surface area contributed by atoms with E-state index in [4.69, 9.17) is 10.00 Å². The van der Waals surface area contributed by atoms with Crippen LogP contribution in [0.3, 0.4) is 0 Å².